The molecule has 0 amide bonds. The second kappa shape index (κ2) is 4.82. The Labute approximate surface area is 99.9 Å². The first-order chi connectivity index (χ1) is 8.20. The van der Waals surface area contributed by atoms with E-state index in [1.54, 1.807) is 36.5 Å². The molecule has 1 heterocycles. The van der Waals surface area contributed by atoms with Gasteiger partial charge in [-0.1, -0.05) is 6.07 Å². The summed E-state index contributed by atoms with van der Waals surface area (Å²) in [6.45, 7) is 2.24. The summed E-state index contributed by atoms with van der Waals surface area (Å²) in [5.74, 6) is 0.634. The van der Waals surface area contributed by atoms with Gasteiger partial charge in [0, 0.05) is 12.4 Å². The molecule has 0 aliphatic carbocycles. The molecular weight excluding hydrogens is 216 g/mol. The molecule has 0 radical (unpaired) electrons. The maximum atomic E-state index is 12.1. The zero-order valence-corrected chi connectivity index (χ0v) is 9.88. The summed E-state index contributed by atoms with van der Waals surface area (Å²) in [6, 6.07) is 5.57. The van der Waals surface area contributed by atoms with E-state index in [0.29, 0.717) is 11.3 Å². The van der Waals surface area contributed by atoms with Gasteiger partial charge in [-0.05, 0) is 24.6 Å². The van der Waals surface area contributed by atoms with E-state index in [0.717, 1.165) is 5.56 Å². The molecule has 0 bridgehead atoms. The fraction of sp³-hybridized carbons (Fsp3) is 0.231. The molecule has 4 nitrogen and oxygen atoms in total. The van der Waals surface area contributed by atoms with Crippen molar-refractivity contribution in [2.75, 3.05) is 7.11 Å². The van der Waals surface area contributed by atoms with Crippen LogP contribution in [0, 0.1) is 6.92 Å². The van der Waals surface area contributed by atoms with Gasteiger partial charge in [-0.3, -0.25) is 4.79 Å². The minimum absolute atomic E-state index is 0.0138. The van der Waals surface area contributed by atoms with Crippen molar-refractivity contribution < 1.29 is 9.53 Å². The number of benzene rings is 1. The zero-order chi connectivity index (χ0) is 12.3. The maximum Gasteiger partial charge on any atom is 0.186 e. The number of methoxy groups -OCH3 is 1. The number of carbonyl (C=O) groups is 1. The minimum Gasteiger partial charge on any atom is -0.496 e. The average molecular weight is 230 g/mol. The lowest BCUT2D eigenvalue weighted by molar-refractivity contribution is 0.0969. The second-order valence-electron chi connectivity index (χ2n) is 3.86. The summed E-state index contributed by atoms with van der Waals surface area (Å²) in [5, 5.41) is 0. The number of ketones is 1. The van der Waals surface area contributed by atoms with E-state index < -0.39 is 0 Å². The fourth-order valence-corrected chi connectivity index (χ4v) is 1.66. The van der Waals surface area contributed by atoms with Crippen LogP contribution in [-0.4, -0.2) is 22.4 Å². The quantitative estimate of drug-likeness (QED) is 0.755. The summed E-state index contributed by atoms with van der Waals surface area (Å²) in [6.07, 6.45) is 5.04. The van der Waals surface area contributed by atoms with Crippen LogP contribution in [0.5, 0.6) is 5.75 Å². The molecule has 0 atom stereocenters. The number of aryl methyl sites for hydroxylation is 1. The van der Waals surface area contributed by atoms with E-state index in [2.05, 4.69) is 4.98 Å². The zero-order valence-electron chi connectivity index (χ0n) is 9.88. The predicted molar refractivity (Wildman–Crippen MR) is 64.3 cm³/mol. The van der Waals surface area contributed by atoms with Gasteiger partial charge in [-0.15, -0.1) is 0 Å². The molecule has 0 unspecified atom stereocenters. The van der Waals surface area contributed by atoms with Crippen LogP contribution in [0.25, 0.3) is 0 Å². The molecule has 0 saturated carbocycles. The monoisotopic (exact) mass is 230 g/mol. The molecule has 0 fully saturated rings. The third-order valence-electron chi connectivity index (χ3n) is 2.54. The lowest BCUT2D eigenvalue weighted by Crippen LogP contribution is -2.10. The Morgan fingerprint density at radius 1 is 1.47 bits per heavy atom. The highest BCUT2D eigenvalue weighted by Crippen LogP contribution is 2.20. The summed E-state index contributed by atoms with van der Waals surface area (Å²) in [5.41, 5.74) is 1.67. The highest BCUT2D eigenvalue weighted by Gasteiger charge is 2.12. The fourth-order valence-electron chi connectivity index (χ4n) is 1.66. The van der Waals surface area contributed by atoms with Crippen LogP contribution >= 0.6 is 0 Å². The number of nitrogens with zero attached hydrogens (tertiary/aromatic N) is 2. The summed E-state index contributed by atoms with van der Waals surface area (Å²) < 4.78 is 6.96. The molecule has 0 aliphatic heterocycles. The van der Waals surface area contributed by atoms with Crippen molar-refractivity contribution in [2.24, 2.45) is 0 Å². The molecule has 88 valence electrons. The van der Waals surface area contributed by atoms with Crippen LogP contribution < -0.4 is 4.74 Å². The van der Waals surface area contributed by atoms with Crippen molar-refractivity contribution >= 4 is 5.78 Å². The Kier molecular flexibility index (Phi) is 3.23. The van der Waals surface area contributed by atoms with Gasteiger partial charge in [-0.25, -0.2) is 4.98 Å². The molecule has 1 aromatic carbocycles. The number of aromatic nitrogens is 2. The number of hydrogen-bond acceptors (Lipinski definition) is 3. The SMILES string of the molecule is COc1cc(C)ccc1C(=O)Cn1ccnc1. The summed E-state index contributed by atoms with van der Waals surface area (Å²) in [7, 11) is 1.57. The molecule has 1 aromatic heterocycles. The van der Waals surface area contributed by atoms with E-state index in [4.69, 9.17) is 4.74 Å². The van der Waals surface area contributed by atoms with Crippen LogP contribution in [0.4, 0.5) is 0 Å². The number of carbonyl (C=O) groups excluding carboxylic acids is 1. The smallest absolute Gasteiger partial charge is 0.186 e. The topological polar surface area (TPSA) is 44.1 Å². The Bertz CT molecular complexity index is 518. The van der Waals surface area contributed by atoms with Gasteiger partial charge in [0.2, 0.25) is 0 Å². The third kappa shape index (κ3) is 2.53. The van der Waals surface area contributed by atoms with Crippen molar-refractivity contribution in [2.45, 2.75) is 13.5 Å². The molecule has 4 heteroatoms. The van der Waals surface area contributed by atoms with Crippen molar-refractivity contribution in [1.29, 1.82) is 0 Å². The first-order valence-electron chi connectivity index (χ1n) is 5.34. The van der Waals surface area contributed by atoms with Crippen LogP contribution in [-0.2, 0) is 6.54 Å². The van der Waals surface area contributed by atoms with Crippen molar-refractivity contribution in [3.63, 3.8) is 0 Å². The van der Waals surface area contributed by atoms with E-state index in [1.165, 1.54) is 0 Å². The van der Waals surface area contributed by atoms with E-state index in [1.807, 2.05) is 19.1 Å². The number of hydrogen-bond donors (Lipinski definition) is 0. The standard InChI is InChI=1S/C13H14N2O2/c1-10-3-4-11(13(7-10)17-2)12(16)8-15-6-5-14-9-15/h3-7,9H,8H2,1-2H3. The molecule has 0 aliphatic rings. The van der Waals surface area contributed by atoms with Gasteiger partial charge >= 0.3 is 0 Å². The highest BCUT2D eigenvalue weighted by atomic mass is 16.5. The van der Waals surface area contributed by atoms with E-state index in [-0.39, 0.29) is 12.3 Å². The molecule has 0 N–H and O–H groups in total. The van der Waals surface area contributed by atoms with Crippen LogP contribution in [0.3, 0.4) is 0 Å². The van der Waals surface area contributed by atoms with Crippen molar-refractivity contribution in [1.82, 2.24) is 9.55 Å². The third-order valence-corrected chi connectivity index (χ3v) is 2.54. The average Bonchev–Trinajstić information content (AvgIpc) is 2.81. The maximum absolute atomic E-state index is 12.1. The molecule has 17 heavy (non-hydrogen) atoms. The molecule has 2 rings (SSSR count). The molecule has 2 aromatic rings. The Balaban J connectivity index is 2.24. The van der Waals surface area contributed by atoms with Gasteiger partial charge in [0.05, 0.1) is 25.5 Å². The Hall–Kier alpha value is -2.10. The van der Waals surface area contributed by atoms with Crippen LogP contribution in [0.15, 0.2) is 36.9 Å². The highest BCUT2D eigenvalue weighted by molar-refractivity contribution is 5.98. The Morgan fingerprint density at radius 3 is 2.94 bits per heavy atom. The normalized spacial score (nSPS) is 10.2. The van der Waals surface area contributed by atoms with Crippen LogP contribution in [0.2, 0.25) is 0 Å². The van der Waals surface area contributed by atoms with Gasteiger partial charge in [0.25, 0.3) is 0 Å². The van der Waals surface area contributed by atoms with E-state index >= 15 is 0 Å². The number of ether oxygens (including phenoxy) is 1. The van der Waals surface area contributed by atoms with Crippen molar-refractivity contribution in [3.8, 4) is 5.75 Å². The van der Waals surface area contributed by atoms with Gasteiger partial charge in [0.15, 0.2) is 5.78 Å². The Morgan fingerprint density at radius 2 is 2.29 bits per heavy atom. The molecule has 0 spiro atoms. The van der Waals surface area contributed by atoms with Gasteiger partial charge < -0.3 is 9.30 Å². The predicted octanol–water partition coefficient (Wildman–Crippen LogP) is 2.08. The lowest BCUT2D eigenvalue weighted by Gasteiger charge is -2.08. The number of rotatable bonds is 4. The second-order valence-corrected chi connectivity index (χ2v) is 3.86. The summed E-state index contributed by atoms with van der Waals surface area (Å²) in [4.78, 5) is 16.0. The number of Topliss-reactive ketones (excluding diaryl/α,β-unsaturated/α-hetero) is 1. The van der Waals surface area contributed by atoms with Crippen LogP contribution in [0.1, 0.15) is 15.9 Å². The lowest BCUT2D eigenvalue weighted by atomic mass is 10.1. The minimum atomic E-state index is 0.0138. The molecular formula is C13H14N2O2. The molecule has 0 saturated heterocycles. The van der Waals surface area contributed by atoms with E-state index in [9.17, 15) is 4.79 Å². The summed E-state index contributed by atoms with van der Waals surface area (Å²) >= 11 is 0. The first kappa shape index (κ1) is 11.4. The van der Waals surface area contributed by atoms with Gasteiger partial charge in [0.1, 0.15) is 5.75 Å². The van der Waals surface area contributed by atoms with Gasteiger partial charge in [-0.2, -0.15) is 0 Å². The van der Waals surface area contributed by atoms with Crippen molar-refractivity contribution in [3.05, 3.63) is 48.0 Å². The largest absolute Gasteiger partial charge is 0.496 e. The first-order valence-corrected chi connectivity index (χ1v) is 5.34. The number of imidazole rings is 1.